The maximum atomic E-state index is 8.95. The lowest BCUT2D eigenvalue weighted by molar-refractivity contribution is 0.254. The van der Waals surface area contributed by atoms with Crippen molar-refractivity contribution < 1.29 is 0 Å². The number of nitrogens with zero attached hydrogens (tertiary/aromatic N) is 1. The van der Waals surface area contributed by atoms with E-state index in [1.807, 2.05) is 7.05 Å². The van der Waals surface area contributed by atoms with E-state index >= 15 is 0 Å². The minimum Gasteiger partial charge on any atom is -0.302 e. The standard InChI is InChI=1S/C9H16N2/c1-8-4-3-5-9(6-8,7-10)11-2/h8,11H,3-6H2,1-2H3/t8-,9-/m1/s1. The fraction of sp³-hybridized carbons (Fsp3) is 0.889. The summed E-state index contributed by atoms with van der Waals surface area (Å²) in [5, 5.41) is 12.1. The monoisotopic (exact) mass is 152 g/mol. The van der Waals surface area contributed by atoms with Crippen molar-refractivity contribution in [2.75, 3.05) is 7.05 Å². The molecule has 0 aromatic heterocycles. The highest BCUT2D eigenvalue weighted by Gasteiger charge is 2.32. The van der Waals surface area contributed by atoms with Crippen LogP contribution in [-0.2, 0) is 0 Å². The second-order valence-corrected chi connectivity index (χ2v) is 3.65. The topological polar surface area (TPSA) is 35.8 Å². The molecule has 1 rings (SSSR count). The molecule has 2 nitrogen and oxygen atoms in total. The molecule has 0 radical (unpaired) electrons. The normalized spacial score (nSPS) is 38.1. The molecule has 0 aromatic carbocycles. The summed E-state index contributed by atoms with van der Waals surface area (Å²) in [6.45, 7) is 2.22. The van der Waals surface area contributed by atoms with E-state index in [0.717, 1.165) is 12.8 Å². The van der Waals surface area contributed by atoms with Crippen LogP contribution < -0.4 is 5.32 Å². The van der Waals surface area contributed by atoms with E-state index in [2.05, 4.69) is 18.3 Å². The Morgan fingerprint density at radius 3 is 2.73 bits per heavy atom. The van der Waals surface area contributed by atoms with E-state index in [0.29, 0.717) is 5.92 Å². The van der Waals surface area contributed by atoms with Crippen molar-refractivity contribution in [1.82, 2.24) is 5.32 Å². The number of rotatable bonds is 1. The van der Waals surface area contributed by atoms with E-state index < -0.39 is 0 Å². The number of nitriles is 1. The molecule has 1 aliphatic rings. The van der Waals surface area contributed by atoms with Gasteiger partial charge in [0.15, 0.2) is 0 Å². The van der Waals surface area contributed by atoms with Crippen molar-refractivity contribution in [3.05, 3.63) is 0 Å². The second-order valence-electron chi connectivity index (χ2n) is 3.65. The van der Waals surface area contributed by atoms with Crippen LogP contribution in [0.3, 0.4) is 0 Å². The summed E-state index contributed by atoms with van der Waals surface area (Å²) in [6.07, 6.45) is 4.50. The van der Waals surface area contributed by atoms with Gasteiger partial charge in [0.05, 0.1) is 6.07 Å². The smallest absolute Gasteiger partial charge is 0.106 e. The van der Waals surface area contributed by atoms with Gasteiger partial charge in [0, 0.05) is 0 Å². The summed E-state index contributed by atoms with van der Waals surface area (Å²) in [5.41, 5.74) is -0.211. The molecule has 0 bridgehead atoms. The van der Waals surface area contributed by atoms with Gasteiger partial charge in [-0.05, 0) is 25.8 Å². The van der Waals surface area contributed by atoms with Crippen molar-refractivity contribution in [3.8, 4) is 6.07 Å². The molecule has 2 atom stereocenters. The van der Waals surface area contributed by atoms with Crippen molar-refractivity contribution >= 4 is 0 Å². The molecule has 0 spiro atoms. The average Bonchev–Trinajstić information content (AvgIpc) is 2.04. The van der Waals surface area contributed by atoms with Crippen LogP contribution in [0.5, 0.6) is 0 Å². The number of hydrogen-bond acceptors (Lipinski definition) is 2. The fourth-order valence-electron chi connectivity index (χ4n) is 1.94. The Kier molecular flexibility index (Phi) is 2.51. The largest absolute Gasteiger partial charge is 0.302 e. The molecule has 0 amide bonds. The van der Waals surface area contributed by atoms with Crippen LogP contribution in [0.15, 0.2) is 0 Å². The molecule has 0 aliphatic heterocycles. The van der Waals surface area contributed by atoms with Crippen LogP contribution in [-0.4, -0.2) is 12.6 Å². The molecule has 1 fully saturated rings. The van der Waals surface area contributed by atoms with Crippen LogP contribution in [0.1, 0.15) is 32.6 Å². The maximum absolute atomic E-state index is 8.95. The first-order chi connectivity index (χ1) is 5.22. The van der Waals surface area contributed by atoms with Gasteiger partial charge in [0.25, 0.3) is 0 Å². The van der Waals surface area contributed by atoms with Gasteiger partial charge in [-0.3, -0.25) is 0 Å². The average molecular weight is 152 g/mol. The zero-order valence-corrected chi connectivity index (χ0v) is 7.35. The predicted octanol–water partition coefficient (Wildman–Crippen LogP) is 1.68. The Morgan fingerprint density at radius 2 is 2.36 bits per heavy atom. The van der Waals surface area contributed by atoms with Gasteiger partial charge in [0.2, 0.25) is 0 Å². The molecule has 2 heteroatoms. The first kappa shape index (κ1) is 8.55. The lowest BCUT2D eigenvalue weighted by atomic mass is 9.77. The van der Waals surface area contributed by atoms with Crippen LogP contribution in [0.2, 0.25) is 0 Å². The molecule has 1 N–H and O–H groups in total. The van der Waals surface area contributed by atoms with E-state index in [-0.39, 0.29) is 5.54 Å². The van der Waals surface area contributed by atoms with E-state index in [9.17, 15) is 0 Å². The minimum atomic E-state index is -0.211. The number of hydrogen-bond donors (Lipinski definition) is 1. The third kappa shape index (κ3) is 1.72. The van der Waals surface area contributed by atoms with Crippen molar-refractivity contribution in [3.63, 3.8) is 0 Å². The zero-order chi connectivity index (χ0) is 8.32. The molecular weight excluding hydrogens is 136 g/mol. The lowest BCUT2D eigenvalue weighted by Gasteiger charge is -2.33. The molecule has 0 heterocycles. The number of nitrogens with one attached hydrogen (secondary N) is 1. The Labute approximate surface area is 68.6 Å². The summed E-state index contributed by atoms with van der Waals surface area (Å²) in [7, 11) is 1.89. The van der Waals surface area contributed by atoms with Gasteiger partial charge in [-0.25, -0.2) is 0 Å². The van der Waals surface area contributed by atoms with Crippen LogP contribution in [0, 0.1) is 17.2 Å². The van der Waals surface area contributed by atoms with E-state index in [1.54, 1.807) is 0 Å². The molecular formula is C9H16N2. The third-order valence-electron chi connectivity index (χ3n) is 2.69. The van der Waals surface area contributed by atoms with E-state index in [4.69, 9.17) is 5.26 Å². The molecule has 11 heavy (non-hydrogen) atoms. The van der Waals surface area contributed by atoms with E-state index in [1.165, 1.54) is 12.8 Å². The van der Waals surface area contributed by atoms with Gasteiger partial charge in [-0.15, -0.1) is 0 Å². The quantitative estimate of drug-likeness (QED) is 0.620. The Balaban J connectivity index is 2.62. The third-order valence-corrected chi connectivity index (χ3v) is 2.69. The zero-order valence-electron chi connectivity index (χ0n) is 7.35. The highest BCUT2D eigenvalue weighted by Crippen LogP contribution is 2.31. The minimum absolute atomic E-state index is 0.211. The van der Waals surface area contributed by atoms with Gasteiger partial charge in [-0.2, -0.15) is 5.26 Å². The molecule has 62 valence electrons. The molecule has 0 unspecified atom stereocenters. The summed E-state index contributed by atoms with van der Waals surface area (Å²) < 4.78 is 0. The van der Waals surface area contributed by atoms with Crippen molar-refractivity contribution in [2.24, 2.45) is 5.92 Å². The summed E-state index contributed by atoms with van der Waals surface area (Å²) in [4.78, 5) is 0. The Hall–Kier alpha value is -0.550. The first-order valence-corrected chi connectivity index (χ1v) is 4.32. The van der Waals surface area contributed by atoms with Crippen LogP contribution >= 0.6 is 0 Å². The molecule has 1 saturated carbocycles. The maximum Gasteiger partial charge on any atom is 0.106 e. The summed E-state index contributed by atoms with van der Waals surface area (Å²) >= 11 is 0. The van der Waals surface area contributed by atoms with Gasteiger partial charge in [0.1, 0.15) is 5.54 Å². The lowest BCUT2D eigenvalue weighted by Crippen LogP contribution is -2.45. The van der Waals surface area contributed by atoms with Crippen LogP contribution in [0.4, 0.5) is 0 Å². The van der Waals surface area contributed by atoms with Gasteiger partial charge >= 0.3 is 0 Å². The highest BCUT2D eigenvalue weighted by atomic mass is 14.9. The second kappa shape index (κ2) is 3.23. The fourth-order valence-corrected chi connectivity index (χ4v) is 1.94. The van der Waals surface area contributed by atoms with Crippen molar-refractivity contribution in [2.45, 2.75) is 38.1 Å². The summed E-state index contributed by atoms with van der Waals surface area (Å²) in [6, 6.07) is 2.39. The van der Waals surface area contributed by atoms with Crippen LogP contribution in [0.25, 0.3) is 0 Å². The summed E-state index contributed by atoms with van der Waals surface area (Å²) in [5.74, 6) is 0.704. The Morgan fingerprint density at radius 1 is 1.64 bits per heavy atom. The van der Waals surface area contributed by atoms with Gasteiger partial charge in [-0.1, -0.05) is 19.8 Å². The first-order valence-electron chi connectivity index (χ1n) is 4.32. The predicted molar refractivity (Wildman–Crippen MR) is 45.0 cm³/mol. The molecule has 0 saturated heterocycles. The highest BCUT2D eigenvalue weighted by molar-refractivity contribution is 5.08. The SMILES string of the molecule is CN[C@]1(C#N)CCC[C@@H](C)C1. The molecule has 1 aliphatic carbocycles. The van der Waals surface area contributed by atoms with Gasteiger partial charge < -0.3 is 5.32 Å². The van der Waals surface area contributed by atoms with Crippen molar-refractivity contribution in [1.29, 1.82) is 5.26 Å². The molecule has 0 aromatic rings. The Bertz CT molecular complexity index is 171.